The lowest BCUT2D eigenvalue weighted by molar-refractivity contribution is -0.385. The Balaban J connectivity index is 3.20. The summed E-state index contributed by atoms with van der Waals surface area (Å²) in [5.74, 6) is 0. The van der Waals surface area contributed by atoms with Crippen LogP contribution < -0.4 is 0 Å². The number of alkyl halides is 1. The number of benzene rings is 1. The van der Waals surface area contributed by atoms with Gasteiger partial charge in [0.1, 0.15) is 4.90 Å². The molecule has 1 rings (SSSR count). The Kier molecular flexibility index (Phi) is 5.72. The molecule has 0 aliphatic carbocycles. The highest BCUT2D eigenvalue weighted by Crippen LogP contribution is 2.28. The fraction of sp³-hybridized carbons (Fsp3) is 0.400. The molecule has 0 amide bonds. The van der Waals surface area contributed by atoms with E-state index in [9.17, 15) is 18.5 Å². The summed E-state index contributed by atoms with van der Waals surface area (Å²) < 4.78 is 25.6. The van der Waals surface area contributed by atoms with Crippen LogP contribution >= 0.6 is 27.5 Å². The fourth-order valence-electron chi connectivity index (χ4n) is 1.37. The second-order valence-corrected chi connectivity index (χ2v) is 6.95. The second-order valence-electron chi connectivity index (χ2n) is 3.74. The number of nitro benzene ring substituents is 1. The van der Waals surface area contributed by atoms with Crippen LogP contribution in [0.25, 0.3) is 0 Å². The van der Waals surface area contributed by atoms with Crippen molar-refractivity contribution in [2.24, 2.45) is 0 Å². The molecule has 6 nitrogen and oxygen atoms in total. The number of hydrogen-bond donors (Lipinski definition) is 0. The van der Waals surface area contributed by atoms with E-state index in [2.05, 4.69) is 15.9 Å². The third-order valence-electron chi connectivity index (χ3n) is 2.42. The van der Waals surface area contributed by atoms with E-state index >= 15 is 0 Å². The van der Waals surface area contributed by atoms with Gasteiger partial charge in [0.05, 0.1) is 9.95 Å². The first kappa shape index (κ1) is 16.4. The molecule has 1 aromatic carbocycles. The van der Waals surface area contributed by atoms with Gasteiger partial charge in [0, 0.05) is 31.1 Å². The third-order valence-corrected chi connectivity index (χ3v) is 5.32. The summed E-state index contributed by atoms with van der Waals surface area (Å²) >= 11 is 9.03. The average molecular weight is 372 g/mol. The molecule has 0 N–H and O–H groups in total. The Labute approximate surface area is 124 Å². The Hall–Kier alpha value is -0.700. The SMILES string of the molecule is CN(CCCBr)S(=O)(=O)c1cc([N+](=O)[O-])ccc1Cl. The molecule has 0 unspecified atom stereocenters. The summed E-state index contributed by atoms with van der Waals surface area (Å²) in [4.78, 5) is 9.77. The topological polar surface area (TPSA) is 80.5 Å². The highest BCUT2D eigenvalue weighted by atomic mass is 79.9. The smallest absolute Gasteiger partial charge is 0.258 e. The van der Waals surface area contributed by atoms with Crippen LogP contribution in [0, 0.1) is 10.1 Å². The van der Waals surface area contributed by atoms with Gasteiger partial charge in [-0.05, 0) is 12.5 Å². The first-order valence-corrected chi connectivity index (χ1v) is 8.21. The minimum absolute atomic E-state index is 0.0312. The molecule has 0 atom stereocenters. The van der Waals surface area contributed by atoms with Crippen LogP contribution in [0.4, 0.5) is 5.69 Å². The van der Waals surface area contributed by atoms with E-state index in [1.165, 1.54) is 19.2 Å². The largest absolute Gasteiger partial charge is 0.270 e. The van der Waals surface area contributed by atoms with Crippen molar-refractivity contribution in [3.8, 4) is 0 Å². The second kappa shape index (κ2) is 6.65. The van der Waals surface area contributed by atoms with Gasteiger partial charge >= 0.3 is 0 Å². The van der Waals surface area contributed by atoms with Crippen molar-refractivity contribution in [2.75, 3.05) is 18.9 Å². The quantitative estimate of drug-likeness (QED) is 0.437. The molecule has 0 bridgehead atoms. The Morgan fingerprint density at radius 3 is 2.63 bits per heavy atom. The Morgan fingerprint density at radius 2 is 2.11 bits per heavy atom. The van der Waals surface area contributed by atoms with Crippen LogP contribution in [-0.4, -0.2) is 36.6 Å². The summed E-state index contributed by atoms with van der Waals surface area (Å²) in [6, 6.07) is 3.35. The van der Waals surface area contributed by atoms with Gasteiger partial charge in [0.25, 0.3) is 5.69 Å². The number of nitrogens with zero attached hydrogens (tertiary/aromatic N) is 2. The molecule has 0 aliphatic rings. The van der Waals surface area contributed by atoms with Crippen molar-refractivity contribution in [2.45, 2.75) is 11.3 Å². The van der Waals surface area contributed by atoms with Crippen molar-refractivity contribution >= 4 is 43.2 Å². The maximum absolute atomic E-state index is 12.2. The number of halogens is 2. The zero-order chi connectivity index (χ0) is 14.6. The van der Waals surface area contributed by atoms with Gasteiger partial charge in [-0.2, -0.15) is 0 Å². The van der Waals surface area contributed by atoms with Crippen LogP contribution in [-0.2, 0) is 10.0 Å². The predicted octanol–water partition coefficient (Wildman–Crippen LogP) is 2.65. The molecule has 0 aromatic heterocycles. The molecule has 106 valence electrons. The van der Waals surface area contributed by atoms with Crippen LogP contribution in [0.3, 0.4) is 0 Å². The highest BCUT2D eigenvalue weighted by molar-refractivity contribution is 9.09. The summed E-state index contributed by atoms with van der Waals surface area (Å²) in [5.41, 5.74) is -0.308. The molecule has 0 spiro atoms. The number of sulfonamides is 1. The lowest BCUT2D eigenvalue weighted by Gasteiger charge is -2.17. The van der Waals surface area contributed by atoms with Gasteiger partial charge in [-0.1, -0.05) is 27.5 Å². The number of nitro groups is 1. The van der Waals surface area contributed by atoms with Gasteiger partial charge in [0.15, 0.2) is 0 Å². The van der Waals surface area contributed by atoms with E-state index in [0.717, 1.165) is 10.4 Å². The predicted molar refractivity (Wildman–Crippen MR) is 76.3 cm³/mol. The lowest BCUT2D eigenvalue weighted by Crippen LogP contribution is -2.28. The molecule has 0 radical (unpaired) electrons. The minimum atomic E-state index is -3.82. The van der Waals surface area contributed by atoms with Crippen molar-refractivity contribution < 1.29 is 13.3 Å². The van der Waals surface area contributed by atoms with Gasteiger partial charge in [0.2, 0.25) is 10.0 Å². The molecular weight excluding hydrogens is 360 g/mol. The molecule has 0 heterocycles. The van der Waals surface area contributed by atoms with Gasteiger partial charge < -0.3 is 0 Å². The Bertz CT molecular complexity index is 579. The van der Waals surface area contributed by atoms with Crippen molar-refractivity contribution in [3.63, 3.8) is 0 Å². The summed E-state index contributed by atoms with van der Waals surface area (Å²) in [7, 11) is -2.41. The maximum atomic E-state index is 12.2. The van der Waals surface area contributed by atoms with Crippen LogP contribution in [0.2, 0.25) is 5.02 Å². The average Bonchev–Trinajstić information content (AvgIpc) is 2.35. The van der Waals surface area contributed by atoms with Crippen molar-refractivity contribution in [1.82, 2.24) is 4.31 Å². The van der Waals surface area contributed by atoms with E-state index in [4.69, 9.17) is 11.6 Å². The standard InChI is InChI=1S/C10H12BrClN2O4S/c1-13(6-2-5-11)19(17,18)10-7-8(14(15)16)3-4-9(10)12/h3-4,7H,2,5-6H2,1H3. The molecule has 0 saturated carbocycles. The monoisotopic (exact) mass is 370 g/mol. The molecule has 0 saturated heterocycles. The van der Waals surface area contributed by atoms with Gasteiger partial charge in [-0.15, -0.1) is 0 Å². The van der Waals surface area contributed by atoms with E-state index in [0.29, 0.717) is 18.3 Å². The fourth-order valence-corrected chi connectivity index (χ4v) is 3.32. The maximum Gasteiger partial charge on any atom is 0.270 e. The first-order valence-electron chi connectivity index (χ1n) is 5.27. The third kappa shape index (κ3) is 3.88. The van der Waals surface area contributed by atoms with E-state index in [-0.39, 0.29) is 15.6 Å². The zero-order valence-electron chi connectivity index (χ0n) is 10.0. The highest BCUT2D eigenvalue weighted by Gasteiger charge is 2.25. The van der Waals surface area contributed by atoms with E-state index in [1.807, 2.05) is 0 Å². The van der Waals surface area contributed by atoms with E-state index in [1.54, 1.807) is 0 Å². The molecule has 19 heavy (non-hydrogen) atoms. The van der Waals surface area contributed by atoms with Crippen LogP contribution in [0.1, 0.15) is 6.42 Å². The molecule has 9 heteroatoms. The van der Waals surface area contributed by atoms with Crippen LogP contribution in [0.5, 0.6) is 0 Å². The summed E-state index contributed by atoms with van der Waals surface area (Å²) in [5, 5.41) is 11.3. The lowest BCUT2D eigenvalue weighted by atomic mass is 10.3. The van der Waals surface area contributed by atoms with Crippen molar-refractivity contribution in [1.29, 1.82) is 0 Å². The summed E-state index contributed by atoms with van der Waals surface area (Å²) in [6.07, 6.45) is 0.627. The molecule has 0 aliphatic heterocycles. The number of hydrogen-bond acceptors (Lipinski definition) is 4. The first-order chi connectivity index (χ1) is 8.80. The molecule has 0 fully saturated rings. The van der Waals surface area contributed by atoms with Gasteiger partial charge in [-0.25, -0.2) is 12.7 Å². The number of non-ortho nitro benzene ring substituents is 1. The normalized spacial score (nSPS) is 11.8. The molecule has 1 aromatic rings. The van der Waals surface area contributed by atoms with Crippen molar-refractivity contribution in [3.05, 3.63) is 33.3 Å². The Morgan fingerprint density at radius 1 is 1.47 bits per heavy atom. The van der Waals surface area contributed by atoms with E-state index < -0.39 is 14.9 Å². The minimum Gasteiger partial charge on any atom is -0.258 e. The summed E-state index contributed by atoms with van der Waals surface area (Å²) in [6.45, 7) is 0.298. The number of rotatable bonds is 6. The molecular formula is C10H12BrClN2O4S. The zero-order valence-corrected chi connectivity index (χ0v) is 13.2. The van der Waals surface area contributed by atoms with Gasteiger partial charge in [-0.3, -0.25) is 10.1 Å². The van der Waals surface area contributed by atoms with Crippen LogP contribution in [0.15, 0.2) is 23.1 Å².